The number of esters is 1. The van der Waals surface area contributed by atoms with E-state index in [-0.39, 0.29) is 12.3 Å². The Morgan fingerprint density at radius 2 is 1.59 bits per heavy atom. The van der Waals surface area contributed by atoms with Crippen molar-refractivity contribution in [3.8, 4) is 0 Å². The van der Waals surface area contributed by atoms with Crippen LogP contribution in [0.25, 0.3) is 0 Å². The van der Waals surface area contributed by atoms with E-state index in [1.807, 2.05) is 0 Å². The second kappa shape index (κ2) is 4.88. The molecule has 0 aliphatic heterocycles. The zero-order chi connectivity index (χ0) is 16.9. The number of carboxylic acids is 1. The van der Waals surface area contributed by atoms with Crippen molar-refractivity contribution in [2.45, 2.75) is 36.7 Å². The highest BCUT2D eigenvalue weighted by atomic mass is 19.3. The molecule has 0 amide bonds. The van der Waals surface area contributed by atoms with Gasteiger partial charge in [0, 0.05) is 5.92 Å². The fraction of sp³-hybridized carbons (Fsp3) is 0.667. The molecule has 4 nitrogen and oxygen atoms in total. The Morgan fingerprint density at radius 3 is 2.00 bits per heavy atom. The van der Waals surface area contributed by atoms with Crippen LogP contribution in [0, 0.1) is 11.8 Å². The fourth-order valence-electron chi connectivity index (χ4n) is 2.54. The summed E-state index contributed by atoms with van der Waals surface area (Å²) in [6.45, 7) is 0. The number of allylic oxidation sites excluding steroid dienone is 1. The zero-order valence-corrected chi connectivity index (χ0v) is 10.7. The van der Waals surface area contributed by atoms with Crippen molar-refractivity contribution in [3.05, 3.63) is 12.2 Å². The summed E-state index contributed by atoms with van der Waals surface area (Å²) in [6.07, 6.45) is 2.83. The minimum absolute atomic E-state index is 0.0441. The maximum Gasteiger partial charge on any atom is 0.411 e. The molecule has 0 aromatic carbocycles. The smallest absolute Gasteiger partial charge is 0.411 e. The molecule has 10 heteroatoms. The predicted molar refractivity (Wildman–Crippen MR) is 57.7 cm³/mol. The predicted octanol–water partition coefficient (Wildman–Crippen LogP) is 2.48. The molecule has 0 radical (unpaired) electrons. The average molecular weight is 332 g/mol. The number of hydrogen-bond donors (Lipinski definition) is 1. The SMILES string of the molecule is O=C(O)C(F)(F)C(F)(F)C(F)(F)C(=O)OC1CC2C=CC1C2. The van der Waals surface area contributed by atoms with Crippen LogP contribution in [-0.2, 0) is 14.3 Å². The monoisotopic (exact) mass is 332 g/mol. The summed E-state index contributed by atoms with van der Waals surface area (Å²) in [4.78, 5) is 21.3. The summed E-state index contributed by atoms with van der Waals surface area (Å²) in [7, 11) is 0. The number of halogens is 6. The third-order valence-corrected chi connectivity index (χ3v) is 3.79. The van der Waals surface area contributed by atoms with Gasteiger partial charge >= 0.3 is 29.7 Å². The molecule has 0 heterocycles. The van der Waals surface area contributed by atoms with Gasteiger partial charge in [0.15, 0.2) is 0 Å². The number of fused-ring (bicyclic) bond motifs is 2. The number of alkyl halides is 6. The summed E-state index contributed by atoms with van der Waals surface area (Å²) < 4.78 is 82.8. The molecular formula is C12H10F6O4. The quantitative estimate of drug-likeness (QED) is 0.477. The van der Waals surface area contributed by atoms with Gasteiger partial charge in [-0.15, -0.1) is 0 Å². The number of carbonyl (C=O) groups excluding carboxylic acids is 1. The molecule has 0 aromatic heterocycles. The Kier molecular flexibility index (Phi) is 3.69. The number of carbonyl (C=O) groups is 2. The van der Waals surface area contributed by atoms with Gasteiger partial charge in [-0.2, -0.15) is 26.3 Å². The van der Waals surface area contributed by atoms with Gasteiger partial charge in [0.2, 0.25) is 0 Å². The van der Waals surface area contributed by atoms with Gasteiger partial charge in [-0.05, 0) is 18.8 Å². The molecule has 22 heavy (non-hydrogen) atoms. The summed E-state index contributed by atoms with van der Waals surface area (Å²) in [5.74, 6) is -25.3. The van der Waals surface area contributed by atoms with Gasteiger partial charge in [0.25, 0.3) is 0 Å². The lowest BCUT2D eigenvalue weighted by Gasteiger charge is -2.30. The highest BCUT2D eigenvalue weighted by molar-refractivity contribution is 5.84. The van der Waals surface area contributed by atoms with Gasteiger partial charge in [0.05, 0.1) is 0 Å². The lowest BCUT2D eigenvalue weighted by atomic mass is 10.0. The number of hydrogen-bond acceptors (Lipinski definition) is 3. The standard InChI is InChI=1S/C12H10F6O4/c13-10(14,8(19)20)12(17,18)11(15,16)9(21)22-7-4-5-1-2-6(7)3-5/h1-2,5-7H,3-4H2,(H,19,20). The number of ether oxygens (including phenoxy) is 1. The van der Waals surface area contributed by atoms with Crippen molar-refractivity contribution in [1.29, 1.82) is 0 Å². The first-order valence-corrected chi connectivity index (χ1v) is 6.17. The normalized spacial score (nSPS) is 28.0. The summed E-state index contributed by atoms with van der Waals surface area (Å²) in [5, 5.41) is 7.97. The summed E-state index contributed by atoms with van der Waals surface area (Å²) in [5.41, 5.74) is 0. The van der Waals surface area contributed by atoms with Crippen molar-refractivity contribution < 1.29 is 45.8 Å². The van der Waals surface area contributed by atoms with Crippen molar-refractivity contribution in [3.63, 3.8) is 0 Å². The Balaban J connectivity index is 2.16. The molecule has 0 aromatic rings. The zero-order valence-electron chi connectivity index (χ0n) is 10.7. The minimum Gasteiger partial charge on any atom is -0.477 e. The fourth-order valence-corrected chi connectivity index (χ4v) is 2.54. The lowest BCUT2D eigenvalue weighted by molar-refractivity contribution is -0.301. The topological polar surface area (TPSA) is 63.6 Å². The van der Waals surface area contributed by atoms with Gasteiger partial charge < -0.3 is 9.84 Å². The average Bonchev–Trinajstić information content (AvgIpc) is 3.00. The molecule has 2 aliphatic carbocycles. The first kappa shape index (κ1) is 16.6. The molecule has 1 fully saturated rings. The molecule has 1 N–H and O–H groups in total. The third kappa shape index (κ3) is 2.24. The molecule has 2 rings (SSSR count). The largest absolute Gasteiger partial charge is 0.477 e. The van der Waals surface area contributed by atoms with Crippen molar-refractivity contribution >= 4 is 11.9 Å². The van der Waals surface area contributed by atoms with Crippen LogP contribution in [0.4, 0.5) is 26.3 Å². The minimum atomic E-state index is -6.42. The van der Waals surface area contributed by atoms with E-state index in [9.17, 15) is 35.9 Å². The number of aliphatic carboxylic acids is 1. The molecule has 0 spiro atoms. The van der Waals surface area contributed by atoms with Crippen LogP contribution in [0.1, 0.15) is 12.8 Å². The summed E-state index contributed by atoms with van der Waals surface area (Å²) in [6, 6.07) is 0. The van der Waals surface area contributed by atoms with E-state index >= 15 is 0 Å². The van der Waals surface area contributed by atoms with E-state index in [1.54, 1.807) is 12.2 Å². The van der Waals surface area contributed by atoms with Crippen LogP contribution in [0.15, 0.2) is 12.2 Å². The third-order valence-electron chi connectivity index (χ3n) is 3.79. The first-order valence-electron chi connectivity index (χ1n) is 6.17. The van der Waals surface area contributed by atoms with Gasteiger partial charge in [0.1, 0.15) is 6.10 Å². The van der Waals surface area contributed by atoms with E-state index in [0.717, 1.165) is 0 Å². The summed E-state index contributed by atoms with van der Waals surface area (Å²) >= 11 is 0. The Bertz CT molecular complexity index is 530. The van der Waals surface area contributed by atoms with Gasteiger partial charge in [-0.25, -0.2) is 9.59 Å². The van der Waals surface area contributed by atoms with E-state index in [4.69, 9.17) is 5.11 Å². The second-order valence-electron chi connectivity index (χ2n) is 5.25. The van der Waals surface area contributed by atoms with Gasteiger partial charge in [-0.1, -0.05) is 12.2 Å². The first-order chi connectivity index (χ1) is 9.91. The Morgan fingerprint density at radius 1 is 1.00 bits per heavy atom. The van der Waals surface area contributed by atoms with Crippen molar-refractivity contribution in [2.75, 3.05) is 0 Å². The highest BCUT2D eigenvalue weighted by Crippen LogP contribution is 2.48. The molecule has 124 valence electrons. The maximum atomic E-state index is 13.4. The highest BCUT2D eigenvalue weighted by Gasteiger charge is 2.79. The van der Waals surface area contributed by atoms with Crippen molar-refractivity contribution in [2.24, 2.45) is 11.8 Å². The lowest BCUT2D eigenvalue weighted by Crippen LogP contribution is -2.61. The molecule has 3 atom stereocenters. The Labute approximate surface area is 119 Å². The van der Waals surface area contributed by atoms with E-state index in [0.29, 0.717) is 6.42 Å². The maximum absolute atomic E-state index is 13.4. The molecular weight excluding hydrogens is 322 g/mol. The van der Waals surface area contributed by atoms with Crippen molar-refractivity contribution in [1.82, 2.24) is 0 Å². The number of carboxylic acid groups (broad SMARTS) is 1. The number of rotatable bonds is 5. The van der Waals surface area contributed by atoms with Crippen LogP contribution < -0.4 is 0 Å². The molecule has 3 unspecified atom stereocenters. The van der Waals surface area contributed by atoms with Crippen LogP contribution in [-0.4, -0.2) is 40.9 Å². The van der Waals surface area contributed by atoms with E-state index in [1.165, 1.54) is 0 Å². The molecule has 2 aliphatic rings. The molecule has 1 saturated carbocycles. The molecule has 2 bridgehead atoms. The Hall–Kier alpha value is -1.74. The molecule has 0 saturated heterocycles. The van der Waals surface area contributed by atoms with Crippen LogP contribution >= 0.6 is 0 Å². The second-order valence-corrected chi connectivity index (χ2v) is 5.25. The van der Waals surface area contributed by atoms with Crippen LogP contribution in [0.5, 0.6) is 0 Å². The van der Waals surface area contributed by atoms with Crippen LogP contribution in [0.2, 0.25) is 0 Å². The van der Waals surface area contributed by atoms with Gasteiger partial charge in [-0.3, -0.25) is 0 Å². The van der Waals surface area contributed by atoms with E-state index in [2.05, 4.69) is 4.74 Å². The van der Waals surface area contributed by atoms with Crippen LogP contribution in [0.3, 0.4) is 0 Å². The van der Waals surface area contributed by atoms with E-state index < -0.39 is 41.7 Å².